The Morgan fingerprint density at radius 1 is 1.52 bits per heavy atom. The van der Waals surface area contributed by atoms with Crippen LogP contribution < -0.4 is 11.1 Å². The van der Waals surface area contributed by atoms with Gasteiger partial charge in [-0.3, -0.25) is 4.79 Å². The molecular weight excluding hydrogens is 308 g/mol. The number of primary amides is 1. The number of imidazole rings is 1. The maximum absolute atomic E-state index is 11.6. The highest BCUT2D eigenvalue weighted by molar-refractivity contribution is 7.99. The second kappa shape index (κ2) is 10.9. The number of carbonyl (C=O) groups excluding carboxylic acids is 1. The van der Waals surface area contributed by atoms with Gasteiger partial charge in [0.2, 0.25) is 5.91 Å². The van der Waals surface area contributed by atoms with Crippen LogP contribution in [0.2, 0.25) is 0 Å². The number of hydrogen-bond donors (Lipinski definition) is 3. The van der Waals surface area contributed by atoms with E-state index in [1.807, 2.05) is 11.8 Å². The van der Waals surface area contributed by atoms with Gasteiger partial charge in [-0.2, -0.15) is 11.8 Å². The number of nitrogens with zero attached hydrogens (tertiary/aromatic N) is 1. The molecule has 0 fully saturated rings. The number of amides is 1. The van der Waals surface area contributed by atoms with E-state index in [0.717, 1.165) is 23.6 Å². The van der Waals surface area contributed by atoms with Crippen molar-refractivity contribution in [3.8, 4) is 0 Å². The van der Waals surface area contributed by atoms with Crippen molar-refractivity contribution in [3.05, 3.63) is 18.2 Å². The van der Waals surface area contributed by atoms with Crippen molar-refractivity contribution in [2.45, 2.75) is 45.7 Å². The number of rotatable bonds is 10. The monoisotopic (exact) mass is 334 g/mol. The van der Waals surface area contributed by atoms with Gasteiger partial charge in [-0.15, -0.1) is 12.4 Å². The molecule has 1 aromatic heterocycles. The molecule has 0 spiro atoms. The largest absolute Gasteiger partial charge is 0.368 e. The van der Waals surface area contributed by atoms with Crippen LogP contribution in [0.15, 0.2) is 12.5 Å². The van der Waals surface area contributed by atoms with E-state index in [1.165, 1.54) is 0 Å². The van der Waals surface area contributed by atoms with Crippen molar-refractivity contribution < 1.29 is 4.79 Å². The molecule has 0 saturated carbocycles. The van der Waals surface area contributed by atoms with Crippen LogP contribution in [0.5, 0.6) is 0 Å². The van der Waals surface area contributed by atoms with Gasteiger partial charge in [-0.25, -0.2) is 4.98 Å². The molecule has 0 aliphatic heterocycles. The number of halogens is 1. The van der Waals surface area contributed by atoms with Crippen LogP contribution >= 0.6 is 24.2 Å². The molecular formula is C14H27ClN4OS. The van der Waals surface area contributed by atoms with E-state index < -0.39 is 0 Å². The van der Waals surface area contributed by atoms with Crippen molar-refractivity contribution in [1.29, 1.82) is 0 Å². The molecule has 0 aliphatic rings. The van der Waals surface area contributed by atoms with Gasteiger partial charge in [0.1, 0.15) is 0 Å². The third-order valence-electron chi connectivity index (χ3n) is 3.04. The molecule has 1 aromatic rings. The summed E-state index contributed by atoms with van der Waals surface area (Å²) in [4.78, 5) is 18.6. The first kappa shape index (κ1) is 20.3. The third-order valence-corrected chi connectivity index (χ3v) is 4.08. The zero-order chi connectivity index (χ0) is 15.0. The van der Waals surface area contributed by atoms with Crippen molar-refractivity contribution in [3.63, 3.8) is 0 Å². The molecule has 122 valence electrons. The lowest BCUT2D eigenvalue weighted by molar-refractivity contribution is -0.120. The smallest absolute Gasteiger partial charge is 0.234 e. The van der Waals surface area contributed by atoms with Gasteiger partial charge in [-0.1, -0.05) is 20.8 Å². The molecule has 1 rings (SSSR count). The summed E-state index contributed by atoms with van der Waals surface area (Å²) in [6, 6.07) is -0.0444. The first-order valence-electron chi connectivity index (χ1n) is 7.13. The highest BCUT2D eigenvalue weighted by atomic mass is 35.5. The standard InChI is InChI=1S/C14H26N4OS.ClH/c1-4-20-8-12(5-10(2)3)18-13(14(15)19)6-11-7-16-9-17-11;/h7,9-10,12-13,18H,4-6,8H2,1-3H3,(H2,15,19)(H,16,17);1H/t12-,13-;/m0./s1. The predicted octanol–water partition coefficient (Wildman–Crippen LogP) is 1.99. The highest BCUT2D eigenvalue weighted by Crippen LogP contribution is 2.12. The Morgan fingerprint density at radius 3 is 2.71 bits per heavy atom. The Morgan fingerprint density at radius 2 is 2.24 bits per heavy atom. The summed E-state index contributed by atoms with van der Waals surface area (Å²) in [5.74, 6) is 2.36. The molecule has 0 radical (unpaired) electrons. The molecule has 1 heterocycles. The number of nitrogens with two attached hydrogens (primary N) is 1. The molecule has 0 aliphatic carbocycles. The summed E-state index contributed by atoms with van der Waals surface area (Å²) in [7, 11) is 0. The van der Waals surface area contributed by atoms with Crippen LogP contribution in [0.1, 0.15) is 32.9 Å². The zero-order valence-electron chi connectivity index (χ0n) is 13.0. The van der Waals surface area contributed by atoms with E-state index in [0.29, 0.717) is 18.4 Å². The molecule has 0 saturated heterocycles. The van der Waals surface area contributed by atoms with E-state index in [2.05, 4.69) is 36.1 Å². The summed E-state index contributed by atoms with van der Waals surface area (Å²) >= 11 is 1.89. The second-order valence-corrected chi connectivity index (χ2v) is 6.71. The highest BCUT2D eigenvalue weighted by Gasteiger charge is 2.21. The average molecular weight is 335 g/mol. The normalized spacial score (nSPS) is 13.7. The Labute approximate surface area is 137 Å². The molecule has 4 N–H and O–H groups in total. The maximum atomic E-state index is 11.6. The fourth-order valence-electron chi connectivity index (χ4n) is 2.16. The first-order chi connectivity index (χ1) is 9.52. The molecule has 0 bridgehead atoms. The first-order valence-corrected chi connectivity index (χ1v) is 8.28. The van der Waals surface area contributed by atoms with Gasteiger partial charge >= 0.3 is 0 Å². The second-order valence-electron chi connectivity index (χ2n) is 5.39. The maximum Gasteiger partial charge on any atom is 0.234 e. The summed E-state index contributed by atoms with van der Waals surface area (Å²) in [5, 5.41) is 3.41. The van der Waals surface area contributed by atoms with E-state index in [-0.39, 0.29) is 24.4 Å². The number of aromatic nitrogens is 2. The molecule has 7 heteroatoms. The Bertz CT molecular complexity index is 386. The lowest BCUT2D eigenvalue weighted by Gasteiger charge is -2.25. The van der Waals surface area contributed by atoms with Crippen LogP contribution in [-0.4, -0.2) is 39.5 Å². The van der Waals surface area contributed by atoms with Gasteiger partial charge < -0.3 is 16.0 Å². The molecule has 2 atom stereocenters. The van der Waals surface area contributed by atoms with Crippen molar-refractivity contribution in [1.82, 2.24) is 15.3 Å². The van der Waals surface area contributed by atoms with Crippen molar-refractivity contribution in [2.75, 3.05) is 11.5 Å². The van der Waals surface area contributed by atoms with Gasteiger partial charge in [0.15, 0.2) is 0 Å². The van der Waals surface area contributed by atoms with Crippen LogP contribution in [0.3, 0.4) is 0 Å². The minimum absolute atomic E-state index is 0. The molecule has 1 amide bonds. The SMILES string of the molecule is CCSC[C@H](CC(C)C)N[C@@H](Cc1cnc[nH]1)C(N)=O.Cl. The summed E-state index contributed by atoms with van der Waals surface area (Å²) < 4.78 is 0. The lowest BCUT2D eigenvalue weighted by atomic mass is 10.0. The van der Waals surface area contributed by atoms with E-state index >= 15 is 0 Å². The number of carbonyl (C=O) groups is 1. The van der Waals surface area contributed by atoms with Crippen molar-refractivity contribution >= 4 is 30.1 Å². The fraction of sp³-hybridized carbons (Fsp3) is 0.714. The quantitative estimate of drug-likeness (QED) is 0.611. The minimum atomic E-state index is -0.350. The number of thioether (sulfide) groups is 1. The van der Waals surface area contributed by atoms with E-state index in [4.69, 9.17) is 5.73 Å². The van der Waals surface area contributed by atoms with E-state index in [9.17, 15) is 4.79 Å². The molecule has 21 heavy (non-hydrogen) atoms. The molecule has 5 nitrogen and oxygen atoms in total. The Hall–Kier alpha value is -0.720. The molecule has 0 aromatic carbocycles. The molecule has 0 unspecified atom stereocenters. The number of hydrogen-bond acceptors (Lipinski definition) is 4. The minimum Gasteiger partial charge on any atom is -0.368 e. The Balaban J connectivity index is 0.00000400. The average Bonchev–Trinajstić information content (AvgIpc) is 2.87. The van der Waals surface area contributed by atoms with Gasteiger partial charge in [0.05, 0.1) is 12.4 Å². The summed E-state index contributed by atoms with van der Waals surface area (Å²) in [5.41, 5.74) is 6.44. The van der Waals surface area contributed by atoms with Crippen LogP contribution in [0.4, 0.5) is 0 Å². The predicted molar refractivity (Wildman–Crippen MR) is 91.9 cm³/mol. The van der Waals surface area contributed by atoms with Crippen LogP contribution in [0, 0.1) is 5.92 Å². The van der Waals surface area contributed by atoms with Gasteiger partial charge in [0, 0.05) is 30.1 Å². The van der Waals surface area contributed by atoms with Crippen molar-refractivity contribution in [2.24, 2.45) is 11.7 Å². The number of H-pyrrole nitrogens is 1. The van der Waals surface area contributed by atoms with Crippen LogP contribution in [0.25, 0.3) is 0 Å². The zero-order valence-corrected chi connectivity index (χ0v) is 14.6. The van der Waals surface area contributed by atoms with Gasteiger partial charge in [0.25, 0.3) is 0 Å². The van der Waals surface area contributed by atoms with E-state index in [1.54, 1.807) is 12.5 Å². The number of aromatic amines is 1. The fourth-order valence-corrected chi connectivity index (χ4v) is 2.91. The summed E-state index contributed by atoms with van der Waals surface area (Å²) in [6.07, 6.45) is 4.95. The van der Waals surface area contributed by atoms with Gasteiger partial charge in [-0.05, 0) is 18.1 Å². The Kier molecular flexibility index (Phi) is 10.6. The van der Waals surface area contributed by atoms with Crippen LogP contribution in [-0.2, 0) is 11.2 Å². The topological polar surface area (TPSA) is 83.8 Å². The number of nitrogens with one attached hydrogen (secondary N) is 2. The third kappa shape index (κ3) is 8.34. The lowest BCUT2D eigenvalue weighted by Crippen LogP contribution is -2.49. The summed E-state index contributed by atoms with van der Waals surface area (Å²) in [6.45, 7) is 6.53.